The summed E-state index contributed by atoms with van der Waals surface area (Å²) in [5, 5.41) is 0. The largest absolute Gasteiger partial charge is 0.423 e. The lowest BCUT2D eigenvalue weighted by Gasteiger charge is -2.11. The maximum atomic E-state index is 12.3. The molecular weight excluding hydrogens is 632 g/mol. The van der Waals surface area contributed by atoms with Crippen molar-refractivity contribution in [2.45, 2.75) is 0 Å². The first-order chi connectivity index (χ1) is 24.2. The van der Waals surface area contributed by atoms with E-state index in [1.165, 1.54) is 12.1 Å². The van der Waals surface area contributed by atoms with Crippen LogP contribution in [0.2, 0.25) is 0 Å². The van der Waals surface area contributed by atoms with Gasteiger partial charge in [0.05, 0.1) is 0 Å². The summed E-state index contributed by atoms with van der Waals surface area (Å²) >= 11 is 0. The summed E-state index contributed by atoms with van der Waals surface area (Å²) < 4.78 is 21.1. The Morgan fingerprint density at radius 1 is 0.440 bits per heavy atom. The van der Waals surface area contributed by atoms with E-state index >= 15 is 0 Å². The van der Waals surface area contributed by atoms with Crippen molar-refractivity contribution in [3.63, 3.8) is 0 Å². The third-order valence-corrected chi connectivity index (χ3v) is 6.39. The van der Waals surface area contributed by atoms with Crippen LogP contribution in [0.3, 0.4) is 0 Å². The molecule has 0 saturated carbocycles. The van der Waals surface area contributed by atoms with E-state index in [-0.39, 0.29) is 17.1 Å². The number of benzene rings is 4. The maximum Gasteiger partial charge on any atom is 0.335 e. The molecule has 4 aromatic rings. The zero-order chi connectivity index (χ0) is 35.9. The van der Waals surface area contributed by atoms with Gasteiger partial charge in [-0.3, -0.25) is 0 Å². The fourth-order valence-electron chi connectivity index (χ4n) is 3.96. The Hall–Kier alpha value is -7.42. The lowest BCUT2D eigenvalue weighted by Crippen LogP contribution is -2.09. The first kappa shape index (κ1) is 35.4. The first-order valence-corrected chi connectivity index (χ1v) is 14.8. The van der Waals surface area contributed by atoms with Crippen molar-refractivity contribution in [3.8, 4) is 46.7 Å². The number of carbonyl (C=O) groups excluding carboxylic acids is 4. The molecule has 0 N–H and O–H groups in total. The van der Waals surface area contributed by atoms with E-state index in [0.29, 0.717) is 28.2 Å². The van der Waals surface area contributed by atoms with Crippen LogP contribution in [0, 0.1) is 23.7 Å². The number of hydrogen-bond acceptors (Lipinski definition) is 8. The SMILES string of the molecule is C=CC(=O)Oc1ccc(C#Cc2c(OC(=O)C=C)cc(C#Cc3ccc(C=Cc4ccc(OC(=O)C=C)cc4)cc3)cc2OC(=O)C=C)cc1. The predicted octanol–water partition coefficient (Wildman–Crippen LogP) is 7.02. The molecule has 0 aromatic heterocycles. The van der Waals surface area contributed by atoms with Gasteiger partial charge in [0.1, 0.15) is 17.1 Å². The molecule has 0 aliphatic rings. The summed E-state index contributed by atoms with van der Waals surface area (Å²) in [5.74, 6) is 9.94. The zero-order valence-corrected chi connectivity index (χ0v) is 26.6. The van der Waals surface area contributed by atoms with Crippen LogP contribution in [-0.2, 0) is 19.2 Å². The number of hydrogen-bond donors (Lipinski definition) is 0. The molecule has 0 saturated heterocycles. The molecule has 0 fully saturated rings. The second-order valence-corrected chi connectivity index (χ2v) is 9.90. The Bertz CT molecular complexity index is 2090. The molecule has 8 nitrogen and oxygen atoms in total. The molecule has 0 radical (unpaired) electrons. The first-order valence-electron chi connectivity index (χ1n) is 14.8. The van der Waals surface area contributed by atoms with E-state index in [1.807, 2.05) is 48.6 Å². The van der Waals surface area contributed by atoms with Gasteiger partial charge in [0.15, 0.2) is 11.5 Å². The van der Waals surface area contributed by atoms with Gasteiger partial charge in [-0.25, -0.2) is 19.2 Å². The highest BCUT2D eigenvalue weighted by Crippen LogP contribution is 2.31. The molecule has 0 unspecified atom stereocenters. The zero-order valence-electron chi connectivity index (χ0n) is 26.6. The molecular formula is C42H28O8. The van der Waals surface area contributed by atoms with E-state index in [4.69, 9.17) is 18.9 Å². The molecule has 244 valence electrons. The normalized spacial score (nSPS) is 9.84. The van der Waals surface area contributed by atoms with E-state index in [9.17, 15) is 19.2 Å². The third-order valence-electron chi connectivity index (χ3n) is 6.39. The number of carbonyl (C=O) groups is 4. The summed E-state index contributed by atoms with van der Waals surface area (Å²) in [7, 11) is 0. The van der Waals surface area contributed by atoms with Crippen LogP contribution in [-0.4, -0.2) is 23.9 Å². The number of esters is 4. The van der Waals surface area contributed by atoms with Crippen LogP contribution < -0.4 is 18.9 Å². The maximum absolute atomic E-state index is 12.3. The van der Waals surface area contributed by atoms with Gasteiger partial charge in [0, 0.05) is 41.0 Å². The summed E-state index contributed by atoms with van der Waals surface area (Å²) in [6, 6.07) is 23.8. The van der Waals surface area contributed by atoms with Gasteiger partial charge in [-0.15, -0.1) is 0 Å². The Labute approximate surface area is 289 Å². The average molecular weight is 661 g/mol. The van der Waals surface area contributed by atoms with Crippen LogP contribution in [0.15, 0.2) is 136 Å². The molecule has 0 aliphatic heterocycles. The van der Waals surface area contributed by atoms with Crippen molar-refractivity contribution < 1.29 is 38.1 Å². The highest BCUT2D eigenvalue weighted by atomic mass is 16.6. The molecule has 8 heteroatoms. The lowest BCUT2D eigenvalue weighted by atomic mass is 10.1. The minimum absolute atomic E-state index is 0.00928. The Balaban J connectivity index is 1.61. The summed E-state index contributed by atoms with van der Waals surface area (Å²) in [6.07, 6.45) is 7.96. The van der Waals surface area contributed by atoms with Gasteiger partial charge >= 0.3 is 23.9 Å². The van der Waals surface area contributed by atoms with Gasteiger partial charge in [0.2, 0.25) is 0 Å². The van der Waals surface area contributed by atoms with Crippen LogP contribution in [0.4, 0.5) is 0 Å². The van der Waals surface area contributed by atoms with Crippen LogP contribution in [0.25, 0.3) is 12.2 Å². The van der Waals surface area contributed by atoms with Gasteiger partial charge in [-0.2, -0.15) is 0 Å². The van der Waals surface area contributed by atoms with Crippen LogP contribution in [0.5, 0.6) is 23.0 Å². The number of rotatable bonds is 10. The van der Waals surface area contributed by atoms with Crippen molar-refractivity contribution in [1.29, 1.82) is 0 Å². The van der Waals surface area contributed by atoms with Gasteiger partial charge in [0.25, 0.3) is 0 Å². The molecule has 50 heavy (non-hydrogen) atoms. The summed E-state index contributed by atoms with van der Waals surface area (Å²) in [4.78, 5) is 47.3. The fourth-order valence-corrected chi connectivity index (χ4v) is 3.96. The van der Waals surface area contributed by atoms with Crippen molar-refractivity contribution in [2.75, 3.05) is 0 Å². The Kier molecular flexibility index (Phi) is 12.4. The second kappa shape index (κ2) is 17.5. The molecule has 4 aromatic carbocycles. The summed E-state index contributed by atoms with van der Waals surface area (Å²) in [5.41, 5.74) is 3.52. The van der Waals surface area contributed by atoms with Crippen LogP contribution >= 0.6 is 0 Å². The predicted molar refractivity (Wildman–Crippen MR) is 190 cm³/mol. The topological polar surface area (TPSA) is 105 Å². The number of ether oxygens (including phenoxy) is 4. The van der Waals surface area contributed by atoms with Crippen LogP contribution in [0.1, 0.15) is 33.4 Å². The molecule has 0 heterocycles. The van der Waals surface area contributed by atoms with Gasteiger partial charge in [-0.05, 0) is 71.8 Å². The van der Waals surface area contributed by atoms with Crippen molar-refractivity contribution in [1.82, 2.24) is 0 Å². The quantitative estimate of drug-likeness (QED) is 0.0588. The van der Waals surface area contributed by atoms with E-state index < -0.39 is 23.9 Å². The Morgan fingerprint density at radius 3 is 1.22 bits per heavy atom. The van der Waals surface area contributed by atoms with Gasteiger partial charge < -0.3 is 18.9 Å². The van der Waals surface area contributed by atoms with Crippen molar-refractivity contribution in [2.24, 2.45) is 0 Å². The fraction of sp³-hybridized carbons (Fsp3) is 0. The van der Waals surface area contributed by atoms with E-state index in [2.05, 4.69) is 50.0 Å². The highest BCUT2D eigenvalue weighted by Gasteiger charge is 2.16. The van der Waals surface area contributed by atoms with Crippen molar-refractivity contribution in [3.05, 3.63) is 169 Å². The van der Waals surface area contributed by atoms with E-state index in [0.717, 1.165) is 35.4 Å². The lowest BCUT2D eigenvalue weighted by molar-refractivity contribution is -0.130. The monoisotopic (exact) mass is 660 g/mol. The molecule has 0 bridgehead atoms. The smallest absolute Gasteiger partial charge is 0.335 e. The molecule has 0 aliphatic carbocycles. The second-order valence-electron chi connectivity index (χ2n) is 9.90. The Morgan fingerprint density at radius 2 is 0.780 bits per heavy atom. The minimum atomic E-state index is -0.761. The molecule has 0 spiro atoms. The standard InChI is InChI=1S/C42H28O8/c1-5-39(43)47-34-22-17-31(18-23-34)14-13-29-9-11-30(12-10-29)15-16-33-27-37(49-41(45)7-3)36(38(28-33)50-42(46)8-4)26-21-32-19-24-35(25-20-32)48-40(44)6-2/h5-14,17-20,22-25,27-28H,1-4H2. The summed E-state index contributed by atoms with van der Waals surface area (Å²) in [6.45, 7) is 13.6. The molecule has 0 amide bonds. The minimum Gasteiger partial charge on any atom is -0.423 e. The third kappa shape index (κ3) is 10.6. The molecule has 0 atom stereocenters. The average Bonchev–Trinajstić information content (AvgIpc) is 3.14. The van der Waals surface area contributed by atoms with Gasteiger partial charge in [-0.1, -0.05) is 86.4 Å². The highest BCUT2D eigenvalue weighted by molar-refractivity contribution is 5.86. The van der Waals surface area contributed by atoms with E-state index in [1.54, 1.807) is 36.4 Å². The molecule has 4 rings (SSSR count). The van der Waals surface area contributed by atoms with Crippen molar-refractivity contribution >= 4 is 36.0 Å².